The van der Waals surface area contributed by atoms with Crippen LogP contribution in [-0.2, 0) is 22.8 Å². The molecule has 0 spiro atoms. The minimum absolute atomic E-state index is 0.0237. The lowest BCUT2D eigenvalue weighted by Crippen LogP contribution is -2.41. The van der Waals surface area contributed by atoms with Crippen LogP contribution in [0.3, 0.4) is 0 Å². The monoisotopic (exact) mass is 344 g/mol. The van der Waals surface area contributed by atoms with E-state index in [1.807, 2.05) is 40.0 Å². The first-order chi connectivity index (χ1) is 10.0. The highest BCUT2D eigenvalue weighted by Gasteiger charge is 2.29. The van der Waals surface area contributed by atoms with E-state index in [4.69, 9.17) is 4.74 Å². The minimum Gasteiger partial charge on any atom is -0.598 e. The van der Waals surface area contributed by atoms with Crippen molar-refractivity contribution in [3.63, 3.8) is 0 Å². The number of hydrogen-bond donors (Lipinski definition) is 1. The molecule has 1 rings (SSSR count). The Morgan fingerprint density at radius 1 is 1.36 bits per heavy atom. The fourth-order valence-corrected chi connectivity index (χ4v) is 3.43. The summed E-state index contributed by atoms with van der Waals surface area (Å²) in [6.45, 7) is 16.4. The molecule has 0 amide bonds. The average molecular weight is 345 g/mol. The van der Waals surface area contributed by atoms with Crippen LogP contribution in [0, 0.1) is 0 Å². The van der Waals surface area contributed by atoms with Gasteiger partial charge in [-0.1, -0.05) is 19.6 Å². The molecule has 0 saturated carbocycles. The summed E-state index contributed by atoms with van der Waals surface area (Å²) in [5.74, 6) is 0. The van der Waals surface area contributed by atoms with Gasteiger partial charge in [0.1, 0.15) is 11.5 Å². The Balaban J connectivity index is 2.54. The third-order valence-electron chi connectivity index (χ3n) is 3.38. The quantitative estimate of drug-likeness (QED) is 0.442. The summed E-state index contributed by atoms with van der Waals surface area (Å²) < 4.78 is 23.0. The summed E-state index contributed by atoms with van der Waals surface area (Å²) in [5, 5.41) is 0. The number of ether oxygens (including phenoxy) is 1. The Bertz CT molecular complexity index is 452. The molecular weight excluding hydrogens is 312 g/mol. The lowest BCUT2D eigenvalue weighted by atomic mass is 10.2. The fraction of sp³-hybridized carbons (Fsp3) is 0.750. The van der Waals surface area contributed by atoms with Crippen LogP contribution < -0.4 is 4.72 Å². The Morgan fingerprint density at radius 2 is 2.00 bits per heavy atom. The van der Waals surface area contributed by atoms with Gasteiger partial charge in [0.25, 0.3) is 0 Å². The number of nitrogens with one attached hydrogen (secondary N) is 1. The van der Waals surface area contributed by atoms with Crippen LogP contribution >= 0.6 is 0 Å². The van der Waals surface area contributed by atoms with E-state index in [9.17, 15) is 4.55 Å². The van der Waals surface area contributed by atoms with E-state index in [1.54, 1.807) is 0 Å². The summed E-state index contributed by atoms with van der Waals surface area (Å²) >= 11 is -1.08. The lowest BCUT2D eigenvalue weighted by molar-refractivity contribution is 0.0848. The second-order valence-electron chi connectivity index (χ2n) is 7.97. The highest BCUT2D eigenvalue weighted by atomic mass is 32.2. The molecule has 0 saturated heterocycles. The molecule has 6 heteroatoms. The zero-order chi connectivity index (χ0) is 17.0. The second kappa shape index (κ2) is 8.01. The number of rotatable bonds is 8. The van der Waals surface area contributed by atoms with E-state index in [2.05, 4.69) is 35.0 Å². The molecule has 0 bridgehead atoms. The predicted octanol–water partition coefficient (Wildman–Crippen LogP) is 3.91. The Labute approximate surface area is 140 Å². The third kappa shape index (κ3) is 6.87. The summed E-state index contributed by atoms with van der Waals surface area (Å²) in [7, 11) is -1.04. The van der Waals surface area contributed by atoms with Crippen LogP contribution in [0.1, 0.15) is 39.4 Å². The van der Waals surface area contributed by atoms with Crippen LogP contribution in [0.15, 0.2) is 18.3 Å². The molecule has 128 valence electrons. The number of aromatic nitrogens is 1. The van der Waals surface area contributed by atoms with E-state index in [0.717, 1.165) is 12.3 Å². The molecule has 1 heterocycles. The maximum Gasteiger partial charge on any atom is 0.136 e. The molecule has 0 radical (unpaired) electrons. The van der Waals surface area contributed by atoms with Crippen molar-refractivity contribution in [1.29, 1.82) is 0 Å². The average Bonchev–Trinajstić information content (AvgIpc) is 2.80. The van der Waals surface area contributed by atoms with Crippen molar-refractivity contribution in [2.45, 2.75) is 70.9 Å². The molecule has 1 N–H and O–H groups in total. The Morgan fingerprint density at radius 3 is 2.55 bits per heavy atom. The topological polar surface area (TPSA) is 49.2 Å². The maximum atomic E-state index is 12.2. The van der Waals surface area contributed by atoms with Crippen molar-refractivity contribution in [3.8, 4) is 0 Å². The lowest BCUT2D eigenvalue weighted by Gasteiger charge is -2.27. The van der Waals surface area contributed by atoms with E-state index in [1.165, 1.54) is 6.04 Å². The van der Waals surface area contributed by atoms with Gasteiger partial charge in [-0.05, 0) is 45.9 Å². The van der Waals surface area contributed by atoms with Crippen molar-refractivity contribution in [2.75, 3.05) is 6.61 Å². The first-order valence-corrected chi connectivity index (χ1v) is 12.8. The second-order valence-corrected chi connectivity index (χ2v) is 15.6. The van der Waals surface area contributed by atoms with Crippen LogP contribution in [0.4, 0.5) is 0 Å². The molecule has 4 nitrogen and oxygen atoms in total. The third-order valence-corrected chi connectivity index (χ3v) is 6.76. The highest BCUT2D eigenvalue weighted by molar-refractivity contribution is 7.90. The van der Waals surface area contributed by atoms with E-state index >= 15 is 0 Å². The zero-order valence-corrected chi connectivity index (χ0v) is 16.9. The van der Waals surface area contributed by atoms with Crippen molar-refractivity contribution in [2.24, 2.45) is 0 Å². The summed E-state index contributed by atoms with van der Waals surface area (Å²) in [4.78, 5) is 0. The molecule has 0 aliphatic rings. The highest BCUT2D eigenvalue weighted by Crippen LogP contribution is 2.20. The van der Waals surface area contributed by atoms with Crippen LogP contribution in [-0.4, -0.2) is 28.5 Å². The van der Waals surface area contributed by atoms with Gasteiger partial charge in [-0.3, -0.25) is 0 Å². The van der Waals surface area contributed by atoms with Crippen LogP contribution in [0.25, 0.3) is 0 Å². The molecule has 0 aliphatic carbocycles. The molecule has 0 aliphatic heterocycles. The number of hydrogen-bond acceptors (Lipinski definition) is 3. The smallest absolute Gasteiger partial charge is 0.136 e. The minimum atomic E-state index is -1.08. The van der Waals surface area contributed by atoms with Crippen molar-refractivity contribution in [1.82, 2.24) is 9.29 Å². The largest absolute Gasteiger partial charge is 0.598 e. The van der Waals surface area contributed by atoms with Gasteiger partial charge in [0, 0.05) is 37.9 Å². The molecule has 1 aromatic heterocycles. The van der Waals surface area contributed by atoms with Gasteiger partial charge in [-0.25, -0.2) is 0 Å². The van der Waals surface area contributed by atoms with Crippen LogP contribution in [0.2, 0.25) is 25.7 Å². The van der Waals surface area contributed by atoms with Crippen LogP contribution in [0.5, 0.6) is 0 Å². The van der Waals surface area contributed by atoms with Gasteiger partial charge in [0.15, 0.2) is 0 Å². The first-order valence-electron chi connectivity index (χ1n) is 7.91. The fourth-order valence-electron chi connectivity index (χ4n) is 1.88. The molecule has 1 aromatic rings. The Hall–Kier alpha value is -0.273. The molecule has 2 unspecified atom stereocenters. The van der Waals surface area contributed by atoms with Gasteiger partial charge in [0.05, 0.1) is 6.04 Å². The van der Waals surface area contributed by atoms with Crippen molar-refractivity contribution < 1.29 is 9.29 Å². The van der Waals surface area contributed by atoms with Gasteiger partial charge in [-0.2, -0.15) is 0 Å². The van der Waals surface area contributed by atoms with Crippen molar-refractivity contribution >= 4 is 19.4 Å². The van der Waals surface area contributed by atoms with E-state index in [-0.39, 0.29) is 10.8 Å². The molecule has 22 heavy (non-hydrogen) atoms. The maximum absolute atomic E-state index is 12.2. The van der Waals surface area contributed by atoms with E-state index in [0.29, 0.717) is 6.73 Å². The predicted molar refractivity (Wildman–Crippen MR) is 98.0 cm³/mol. The number of nitrogens with zero attached hydrogens (tertiary/aromatic N) is 1. The zero-order valence-electron chi connectivity index (χ0n) is 15.1. The molecule has 2 atom stereocenters. The first kappa shape index (κ1) is 19.8. The molecular formula is C16H32N2O2SSi. The molecule has 0 aromatic carbocycles. The van der Waals surface area contributed by atoms with Gasteiger partial charge >= 0.3 is 0 Å². The Kier molecular flexibility index (Phi) is 7.20. The van der Waals surface area contributed by atoms with E-state index < -0.39 is 19.4 Å². The van der Waals surface area contributed by atoms with Gasteiger partial charge < -0.3 is 13.9 Å². The van der Waals surface area contributed by atoms with Gasteiger partial charge in [0.2, 0.25) is 0 Å². The SMILES string of the molecule is CC(N[S+]([O-])C(C)(C)C)c1cccn1COCC[Si](C)(C)C. The summed E-state index contributed by atoms with van der Waals surface area (Å²) in [5.41, 5.74) is 1.10. The summed E-state index contributed by atoms with van der Waals surface area (Å²) in [6, 6.07) is 5.26. The normalized spacial score (nSPS) is 15.8. The van der Waals surface area contributed by atoms with Crippen molar-refractivity contribution in [3.05, 3.63) is 24.0 Å². The standard InChI is InChI=1S/C16H32N2O2SSi/c1-14(17-21(19)16(2,3)4)15-9-8-10-18(15)13-20-11-12-22(5,6)7/h8-10,14,17H,11-13H2,1-7H3. The van der Waals surface area contributed by atoms with Gasteiger partial charge in [-0.15, -0.1) is 4.72 Å². The summed E-state index contributed by atoms with van der Waals surface area (Å²) in [6.07, 6.45) is 2.02. The molecule has 0 fully saturated rings.